The second kappa shape index (κ2) is 9.11. The molecular weight excluding hydrogens is 298 g/mol. The maximum atomic E-state index is 12.4. The van der Waals surface area contributed by atoms with E-state index in [0.29, 0.717) is 13.0 Å². The lowest BCUT2D eigenvalue weighted by Crippen LogP contribution is -2.39. The highest BCUT2D eigenvalue weighted by Gasteiger charge is 2.33. The van der Waals surface area contributed by atoms with Crippen molar-refractivity contribution in [2.45, 2.75) is 44.9 Å². The molecule has 0 bridgehead atoms. The van der Waals surface area contributed by atoms with E-state index in [-0.39, 0.29) is 23.7 Å². The second-order valence-corrected chi connectivity index (χ2v) is 6.33. The fourth-order valence-electron chi connectivity index (χ4n) is 3.16. The van der Waals surface area contributed by atoms with E-state index >= 15 is 0 Å². The lowest BCUT2D eigenvalue weighted by atomic mass is 9.71. The van der Waals surface area contributed by atoms with Gasteiger partial charge in [-0.1, -0.05) is 25.3 Å². The van der Waals surface area contributed by atoms with E-state index in [1.165, 1.54) is 19.3 Å². The van der Waals surface area contributed by atoms with Crippen LogP contribution in [0.25, 0.3) is 0 Å². The van der Waals surface area contributed by atoms with Crippen LogP contribution < -0.4 is 5.73 Å². The average Bonchev–Trinajstić information content (AvgIpc) is 2.54. The molecule has 0 saturated heterocycles. The molecule has 1 aliphatic rings. The van der Waals surface area contributed by atoms with Gasteiger partial charge in [0.05, 0.1) is 0 Å². The fraction of sp³-hybridized carbons (Fsp3) is 0.647. The second-order valence-electron chi connectivity index (χ2n) is 6.33. The Labute approximate surface area is 139 Å². The first kappa shape index (κ1) is 18.9. The number of hydrogen-bond acceptors (Lipinski definition) is 3. The smallest absolute Gasteiger partial charge is 0.222 e. The molecule has 124 valence electrons. The van der Waals surface area contributed by atoms with E-state index in [2.05, 4.69) is 4.98 Å². The average molecular weight is 326 g/mol. The first-order valence-corrected chi connectivity index (χ1v) is 7.99. The van der Waals surface area contributed by atoms with Crippen molar-refractivity contribution < 1.29 is 4.79 Å². The number of likely N-dealkylation sites (N-methyl/N-ethyl adjacent to an activating group) is 1. The number of carbonyl (C=O) groups is 1. The first-order valence-electron chi connectivity index (χ1n) is 7.99. The SMILES string of the molecule is CN(CCc1ccccn1)C(=O)CC1(CN)CCCCC1.Cl. The van der Waals surface area contributed by atoms with Gasteiger partial charge in [0.2, 0.25) is 5.91 Å². The van der Waals surface area contributed by atoms with Crippen molar-refractivity contribution in [2.24, 2.45) is 11.1 Å². The standard InChI is InChI=1S/C17H27N3O.ClH/c1-20(12-8-15-7-3-6-11-19-15)16(21)13-17(14-18)9-4-2-5-10-17;/h3,6-7,11H,2,4-5,8-10,12-14,18H2,1H3;1H. The van der Waals surface area contributed by atoms with Gasteiger partial charge in [-0.15, -0.1) is 12.4 Å². The summed E-state index contributed by atoms with van der Waals surface area (Å²) < 4.78 is 0. The number of nitrogens with two attached hydrogens (primary N) is 1. The third kappa shape index (κ3) is 5.25. The van der Waals surface area contributed by atoms with Crippen LogP contribution in [-0.2, 0) is 11.2 Å². The summed E-state index contributed by atoms with van der Waals surface area (Å²) in [5.41, 5.74) is 7.05. The number of aromatic nitrogens is 1. The predicted molar refractivity (Wildman–Crippen MR) is 92.0 cm³/mol. The molecule has 1 aromatic rings. The van der Waals surface area contributed by atoms with Crippen LogP contribution in [0.4, 0.5) is 0 Å². The van der Waals surface area contributed by atoms with Gasteiger partial charge in [-0.25, -0.2) is 0 Å². The summed E-state index contributed by atoms with van der Waals surface area (Å²) in [7, 11) is 1.89. The number of hydrogen-bond donors (Lipinski definition) is 1. The third-order valence-corrected chi connectivity index (χ3v) is 4.73. The number of pyridine rings is 1. The van der Waals surface area contributed by atoms with Gasteiger partial charge in [0.25, 0.3) is 0 Å². The highest BCUT2D eigenvalue weighted by atomic mass is 35.5. The van der Waals surface area contributed by atoms with Crippen LogP contribution in [-0.4, -0.2) is 35.9 Å². The minimum Gasteiger partial charge on any atom is -0.345 e. The Balaban J connectivity index is 0.00000242. The highest BCUT2D eigenvalue weighted by molar-refractivity contribution is 5.85. The molecule has 4 nitrogen and oxygen atoms in total. The summed E-state index contributed by atoms with van der Waals surface area (Å²) in [5, 5.41) is 0. The number of carbonyl (C=O) groups excluding carboxylic acids is 1. The van der Waals surface area contributed by atoms with Crippen LogP contribution in [0.1, 0.15) is 44.2 Å². The molecule has 2 N–H and O–H groups in total. The van der Waals surface area contributed by atoms with Gasteiger partial charge in [0.1, 0.15) is 0 Å². The molecule has 1 heterocycles. The molecule has 1 aliphatic carbocycles. The van der Waals surface area contributed by atoms with Crippen LogP contribution in [0.5, 0.6) is 0 Å². The van der Waals surface area contributed by atoms with Crippen molar-refractivity contribution in [1.82, 2.24) is 9.88 Å². The molecule has 0 atom stereocenters. The summed E-state index contributed by atoms with van der Waals surface area (Å²) in [4.78, 5) is 18.6. The maximum Gasteiger partial charge on any atom is 0.222 e. The quantitative estimate of drug-likeness (QED) is 0.875. The summed E-state index contributed by atoms with van der Waals surface area (Å²) in [5.74, 6) is 0.221. The van der Waals surface area contributed by atoms with Crippen molar-refractivity contribution >= 4 is 18.3 Å². The molecule has 1 saturated carbocycles. The molecule has 2 rings (SSSR count). The van der Waals surface area contributed by atoms with Crippen molar-refractivity contribution in [3.8, 4) is 0 Å². The van der Waals surface area contributed by atoms with Crippen molar-refractivity contribution in [3.05, 3.63) is 30.1 Å². The molecule has 1 amide bonds. The van der Waals surface area contributed by atoms with E-state index in [4.69, 9.17) is 5.73 Å². The van der Waals surface area contributed by atoms with Gasteiger partial charge >= 0.3 is 0 Å². The van der Waals surface area contributed by atoms with E-state index < -0.39 is 0 Å². The Morgan fingerprint density at radius 2 is 2.05 bits per heavy atom. The normalized spacial score (nSPS) is 16.6. The zero-order valence-electron chi connectivity index (χ0n) is 13.5. The molecule has 0 spiro atoms. The molecule has 0 unspecified atom stereocenters. The zero-order valence-corrected chi connectivity index (χ0v) is 14.3. The van der Waals surface area contributed by atoms with E-state index in [1.54, 1.807) is 6.20 Å². The molecule has 0 aliphatic heterocycles. The van der Waals surface area contributed by atoms with Crippen LogP contribution >= 0.6 is 12.4 Å². The monoisotopic (exact) mass is 325 g/mol. The van der Waals surface area contributed by atoms with Gasteiger partial charge in [0, 0.05) is 38.3 Å². The summed E-state index contributed by atoms with van der Waals surface area (Å²) in [6.07, 6.45) is 9.10. The Morgan fingerprint density at radius 1 is 1.32 bits per heavy atom. The molecule has 1 fully saturated rings. The molecule has 1 aromatic heterocycles. The molecule has 0 radical (unpaired) electrons. The van der Waals surface area contributed by atoms with E-state index in [0.717, 1.165) is 31.5 Å². The maximum absolute atomic E-state index is 12.4. The van der Waals surface area contributed by atoms with Crippen LogP contribution in [0, 0.1) is 5.41 Å². The Morgan fingerprint density at radius 3 is 2.64 bits per heavy atom. The molecule has 22 heavy (non-hydrogen) atoms. The fourth-order valence-corrected chi connectivity index (χ4v) is 3.16. The number of nitrogens with zero attached hydrogens (tertiary/aromatic N) is 2. The topological polar surface area (TPSA) is 59.2 Å². The zero-order chi connectivity index (χ0) is 15.1. The lowest BCUT2D eigenvalue weighted by molar-refractivity contribution is -0.132. The summed E-state index contributed by atoms with van der Waals surface area (Å²) in [6, 6.07) is 5.89. The summed E-state index contributed by atoms with van der Waals surface area (Å²) in [6.45, 7) is 1.35. The van der Waals surface area contributed by atoms with E-state index in [1.807, 2.05) is 30.1 Å². The Bertz CT molecular complexity index is 446. The van der Waals surface area contributed by atoms with Crippen LogP contribution in [0.15, 0.2) is 24.4 Å². The minimum atomic E-state index is 0. The number of amides is 1. The van der Waals surface area contributed by atoms with Gasteiger partial charge < -0.3 is 10.6 Å². The third-order valence-electron chi connectivity index (χ3n) is 4.73. The van der Waals surface area contributed by atoms with Crippen molar-refractivity contribution in [1.29, 1.82) is 0 Å². The van der Waals surface area contributed by atoms with Gasteiger partial charge in [-0.2, -0.15) is 0 Å². The van der Waals surface area contributed by atoms with E-state index in [9.17, 15) is 4.79 Å². The first-order chi connectivity index (χ1) is 10.2. The number of rotatable bonds is 6. The molecule has 0 aromatic carbocycles. The largest absolute Gasteiger partial charge is 0.345 e. The summed E-state index contributed by atoms with van der Waals surface area (Å²) >= 11 is 0. The van der Waals surface area contributed by atoms with Gasteiger partial charge in [-0.05, 0) is 36.9 Å². The van der Waals surface area contributed by atoms with Crippen molar-refractivity contribution in [2.75, 3.05) is 20.1 Å². The molecular formula is C17H28ClN3O. The van der Waals surface area contributed by atoms with Crippen LogP contribution in [0.3, 0.4) is 0 Å². The van der Waals surface area contributed by atoms with Gasteiger partial charge in [0.15, 0.2) is 0 Å². The number of halogens is 1. The minimum absolute atomic E-state index is 0. The Hall–Kier alpha value is -1.13. The van der Waals surface area contributed by atoms with Gasteiger partial charge in [-0.3, -0.25) is 9.78 Å². The molecule has 5 heteroatoms. The Kier molecular flexibility index (Phi) is 7.83. The lowest BCUT2D eigenvalue weighted by Gasteiger charge is -2.36. The van der Waals surface area contributed by atoms with Crippen molar-refractivity contribution in [3.63, 3.8) is 0 Å². The van der Waals surface area contributed by atoms with Crippen LogP contribution in [0.2, 0.25) is 0 Å². The predicted octanol–water partition coefficient (Wildman–Crippen LogP) is 2.80. The highest BCUT2D eigenvalue weighted by Crippen LogP contribution is 2.38.